The molecule has 7 nitrogen and oxygen atoms in total. The van der Waals surface area contributed by atoms with Crippen LogP contribution in [0.1, 0.15) is 13.8 Å². The lowest BCUT2D eigenvalue weighted by Gasteiger charge is -2.11. The van der Waals surface area contributed by atoms with Crippen molar-refractivity contribution in [1.82, 2.24) is 25.1 Å². The molecule has 0 saturated carbocycles. The van der Waals surface area contributed by atoms with Gasteiger partial charge in [0.15, 0.2) is 11.0 Å². The number of aromatic nitrogens is 4. The Labute approximate surface area is 168 Å². The third-order valence-corrected chi connectivity index (χ3v) is 4.81. The van der Waals surface area contributed by atoms with Crippen molar-refractivity contribution in [2.75, 3.05) is 19.4 Å². The minimum atomic E-state index is -0.0294. The van der Waals surface area contributed by atoms with Crippen molar-refractivity contribution < 1.29 is 9.53 Å². The molecule has 146 valence electrons. The van der Waals surface area contributed by atoms with Gasteiger partial charge in [0.2, 0.25) is 5.91 Å². The molecule has 1 aromatic carbocycles. The van der Waals surface area contributed by atoms with Crippen molar-refractivity contribution in [1.29, 1.82) is 0 Å². The van der Waals surface area contributed by atoms with Gasteiger partial charge in [0.05, 0.1) is 18.6 Å². The highest BCUT2D eigenvalue weighted by atomic mass is 32.2. The number of ether oxygens (including phenoxy) is 1. The summed E-state index contributed by atoms with van der Waals surface area (Å²) in [4.78, 5) is 16.5. The van der Waals surface area contributed by atoms with E-state index in [0.717, 1.165) is 11.4 Å². The molecular weight excluding hydrogens is 374 g/mol. The molecule has 0 bridgehead atoms. The molecule has 2 aromatic heterocycles. The number of carbonyl (C=O) groups excluding carboxylic acids is 1. The first-order chi connectivity index (χ1) is 13.6. The van der Waals surface area contributed by atoms with E-state index in [4.69, 9.17) is 4.74 Å². The maximum absolute atomic E-state index is 12.1. The highest BCUT2D eigenvalue weighted by Gasteiger charge is 2.18. The molecule has 28 heavy (non-hydrogen) atoms. The zero-order chi connectivity index (χ0) is 19.9. The van der Waals surface area contributed by atoms with E-state index < -0.39 is 0 Å². The zero-order valence-corrected chi connectivity index (χ0v) is 16.9. The standard InChI is InChI=1S/C20H23N5O2S/c1-14(2)12-22-18(26)13-28-20-24-23-19(17-9-4-5-10-21-17)25(20)15-7-6-8-16(11-15)27-3/h4-11,14H,12-13H2,1-3H3,(H,22,26). The fourth-order valence-corrected chi connectivity index (χ4v) is 3.29. The molecule has 0 unspecified atom stereocenters. The summed E-state index contributed by atoms with van der Waals surface area (Å²) in [7, 11) is 1.62. The van der Waals surface area contributed by atoms with Crippen LogP contribution in [0.4, 0.5) is 0 Å². The van der Waals surface area contributed by atoms with Crippen LogP contribution in [0.2, 0.25) is 0 Å². The quantitative estimate of drug-likeness (QED) is 0.588. The highest BCUT2D eigenvalue weighted by Crippen LogP contribution is 2.28. The molecule has 1 amide bonds. The summed E-state index contributed by atoms with van der Waals surface area (Å²) in [6, 6.07) is 13.3. The van der Waals surface area contributed by atoms with Crippen LogP contribution < -0.4 is 10.1 Å². The van der Waals surface area contributed by atoms with Crippen LogP contribution in [0.5, 0.6) is 5.75 Å². The van der Waals surface area contributed by atoms with Gasteiger partial charge in [0, 0.05) is 18.8 Å². The molecule has 0 atom stereocenters. The Bertz CT molecular complexity index is 927. The van der Waals surface area contributed by atoms with Crippen LogP contribution in [0.25, 0.3) is 17.2 Å². The predicted octanol–water partition coefficient (Wildman–Crippen LogP) is 3.20. The van der Waals surface area contributed by atoms with Crippen LogP contribution in [-0.4, -0.2) is 45.1 Å². The average molecular weight is 398 g/mol. The first-order valence-electron chi connectivity index (χ1n) is 8.99. The second-order valence-corrected chi connectivity index (χ2v) is 7.49. The number of methoxy groups -OCH3 is 1. The first-order valence-corrected chi connectivity index (χ1v) is 9.97. The SMILES string of the molecule is COc1cccc(-n2c(SCC(=O)NCC(C)C)nnc2-c2ccccn2)c1. The van der Waals surface area contributed by atoms with Gasteiger partial charge < -0.3 is 10.1 Å². The number of carbonyl (C=O) groups is 1. The Morgan fingerprint density at radius 2 is 2.07 bits per heavy atom. The van der Waals surface area contributed by atoms with Crippen LogP contribution >= 0.6 is 11.8 Å². The van der Waals surface area contributed by atoms with Gasteiger partial charge in [-0.05, 0) is 30.2 Å². The fourth-order valence-electron chi connectivity index (χ4n) is 2.51. The Hall–Kier alpha value is -2.87. The van der Waals surface area contributed by atoms with Gasteiger partial charge >= 0.3 is 0 Å². The minimum Gasteiger partial charge on any atom is -0.497 e. The zero-order valence-electron chi connectivity index (χ0n) is 16.1. The van der Waals surface area contributed by atoms with Gasteiger partial charge in [-0.1, -0.05) is 37.7 Å². The van der Waals surface area contributed by atoms with Crippen molar-refractivity contribution in [2.24, 2.45) is 5.92 Å². The maximum Gasteiger partial charge on any atom is 0.230 e. The third-order valence-electron chi connectivity index (χ3n) is 3.88. The fraction of sp³-hybridized carbons (Fsp3) is 0.300. The summed E-state index contributed by atoms with van der Waals surface area (Å²) in [5.41, 5.74) is 1.55. The molecule has 1 N–H and O–H groups in total. The number of rotatable bonds is 8. The average Bonchev–Trinajstić information content (AvgIpc) is 3.15. The van der Waals surface area contributed by atoms with E-state index in [9.17, 15) is 4.79 Å². The van der Waals surface area contributed by atoms with E-state index >= 15 is 0 Å². The number of pyridine rings is 1. The number of hydrogen-bond donors (Lipinski definition) is 1. The molecule has 0 spiro atoms. The summed E-state index contributed by atoms with van der Waals surface area (Å²) in [6.07, 6.45) is 1.71. The highest BCUT2D eigenvalue weighted by molar-refractivity contribution is 7.99. The number of amides is 1. The van der Waals surface area contributed by atoms with Gasteiger partial charge in [-0.3, -0.25) is 14.3 Å². The van der Waals surface area contributed by atoms with Crippen molar-refractivity contribution in [3.8, 4) is 23.0 Å². The number of thioether (sulfide) groups is 1. The van der Waals surface area contributed by atoms with Gasteiger partial charge in [-0.2, -0.15) is 0 Å². The molecule has 3 rings (SSSR count). The molecule has 3 aromatic rings. The monoisotopic (exact) mass is 397 g/mol. The van der Waals surface area contributed by atoms with E-state index in [2.05, 4.69) is 34.3 Å². The summed E-state index contributed by atoms with van der Waals surface area (Å²) >= 11 is 1.34. The Morgan fingerprint density at radius 1 is 1.21 bits per heavy atom. The van der Waals surface area contributed by atoms with Crippen LogP contribution in [0.15, 0.2) is 53.8 Å². The molecular formula is C20H23N5O2S. The summed E-state index contributed by atoms with van der Waals surface area (Å²) in [5.74, 6) is 1.97. The molecule has 0 aliphatic heterocycles. The van der Waals surface area contributed by atoms with Crippen LogP contribution in [-0.2, 0) is 4.79 Å². The molecule has 0 aliphatic carbocycles. The first kappa shape index (κ1) is 19.9. The van der Waals surface area contributed by atoms with E-state index in [1.807, 2.05) is 47.0 Å². The van der Waals surface area contributed by atoms with Crippen molar-refractivity contribution in [2.45, 2.75) is 19.0 Å². The van der Waals surface area contributed by atoms with Crippen LogP contribution in [0.3, 0.4) is 0 Å². The van der Waals surface area contributed by atoms with Gasteiger partial charge in [-0.15, -0.1) is 10.2 Å². The number of hydrogen-bond acceptors (Lipinski definition) is 6. The molecule has 0 aliphatic rings. The Balaban J connectivity index is 1.92. The second kappa shape index (κ2) is 9.36. The number of benzene rings is 1. The third kappa shape index (κ3) is 4.89. The molecule has 0 saturated heterocycles. The topological polar surface area (TPSA) is 81.9 Å². The normalized spacial score (nSPS) is 10.9. The van der Waals surface area contributed by atoms with Crippen molar-refractivity contribution in [3.63, 3.8) is 0 Å². The summed E-state index contributed by atoms with van der Waals surface area (Å²) in [5, 5.41) is 12.2. The lowest BCUT2D eigenvalue weighted by molar-refractivity contribution is -0.118. The van der Waals surface area contributed by atoms with Crippen molar-refractivity contribution in [3.05, 3.63) is 48.7 Å². The number of nitrogens with zero attached hydrogens (tertiary/aromatic N) is 4. The van der Waals surface area contributed by atoms with E-state index in [-0.39, 0.29) is 11.7 Å². The molecule has 2 heterocycles. The molecule has 8 heteroatoms. The summed E-state index contributed by atoms with van der Waals surface area (Å²) < 4.78 is 7.24. The lowest BCUT2D eigenvalue weighted by atomic mass is 10.2. The molecule has 0 fully saturated rings. The summed E-state index contributed by atoms with van der Waals surface area (Å²) in [6.45, 7) is 4.78. The van der Waals surface area contributed by atoms with Gasteiger partial charge in [0.1, 0.15) is 11.4 Å². The molecule has 0 radical (unpaired) electrons. The lowest BCUT2D eigenvalue weighted by Crippen LogP contribution is -2.28. The van der Waals surface area contributed by atoms with Gasteiger partial charge in [0.25, 0.3) is 0 Å². The largest absolute Gasteiger partial charge is 0.497 e. The smallest absolute Gasteiger partial charge is 0.230 e. The maximum atomic E-state index is 12.1. The minimum absolute atomic E-state index is 0.0294. The van der Waals surface area contributed by atoms with Crippen LogP contribution in [0, 0.1) is 5.92 Å². The van der Waals surface area contributed by atoms with E-state index in [1.54, 1.807) is 13.3 Å². The van der Waals surface area contributed by atoms with E-state index in [0.29, 0.717) is 29.1 Å². The number of nitrogens with one attached hydrogen (secondary N) is 1. The second-order valence-electron chi connectivity index (χ2n) is 6.54. The Morgan fingerprint density at radius 3 is 2.79 bits per heavy atom. The Kier molecular flexibility index (Phi) is 6.65. The van der Waals surface area contributed by atoms with Gasteiger partial charge in [-0.25, -0.2) is 0 Å². The van der Waals surface area contributed by atoms with Crippen molar-refractivity contribution >= 4 is 17.7 Å². The predicted molar refractivity (Wildman–Crippen MR) is 110 cm³/mol. The van der Waals surface area contributed by atoms with E-state index in [1.165, 1.54) is 11.8 Å².